The smallest absolute Gasteiger partial charge is 0.265 e. The summed E-state index contributed by atoms with van der Waals surface area (Å²) in [6.45, 7) is 0.442. The molecule has 0 saturated carbocycles. The molecule has 6 heteroatoms. The highest BCUT2D eigenvalue weighted by Gasteiger charge is 2.34. The Morgan fingerprint density at radius 2 is 1.73 bits per heavy atom. The molecular formula is C20H16N2O2S2. The Bertz CT molecular complexity index is 1110. The number of rotatable bonds is 5. The van der Waals surface area contributed by atoms with Gasteiger partial charge in [-0.1, -0.05) is 36.4 Å². The van der Waals surface area contributed by atoms with E-state index in [1.807, 2.05) is 36.4 Å². The summed E-state index contributed by atoms with van der Waals surface area (Å²) in [5.74, 6) is 1.49. The predicted molar refractivity (Wildman–Crippen MR) is 106 cm³/mol. The van der Waals surface area contributed by atoms with Gasteiger partial charge in [0.15, 0.2) is 0 Å². The van der Waals surface area contributed by atoms with Crippen LogP contribution in [0.5, 0.6) is 0 Å². The molecule has 0 aromatic heterocycles. The van der Waals surface area contributed by atoms with Crippen LogP contribution < -0.4 is 4.31 Å². The lowest BCUT2D eigenvalue weighted by atomic mass is 10.1. The molecule has 0 unspecified atom stereocenters. The molecule has 1 aliphatic rings. The number of sulfonamides is 1. The molecule has 26 heavy (non-hydrogen) atoms. The molecule has 0 N–H and O–H groups in total. The van der Waals surface area contributed by atoms with Gasteiger partial charge in [0.05, 0.1) is 22.2 Å². The number of hydrogen-bond acceptors (Lipinski definition) is 4. The zero-order valence-electron chi connectivity index (χ0n) is 13.9. The monoisotopic (exact) mass is 380 g/mol. The summed E-state index contributed by atoms with van der Waals surface area (Å²) < 4.78 is 27.3. The highest BCUT2D eigenvalue weighted by molar-refractivity contribution is 7.98. The Morgan fingerprint density at radius 1 is 1.00 bits per heavy atom. The first kappa shape index (κ1) is 17.0. The molecule has 0 radical (unpaired) electrons. The van der Waals surface area contributed by atoms with E-state index in [2.05, 4.69) is 6.07 Å². The van der Waals surface area contributed by atoms with E-state index in [1.165, 1.54) is 4.31 Å². The zero-order valence-corrected chi connectivity index (χ0v) is 15.6. The molecule has 0 spiro atoms. The minimum atomic E-state index is -3.47. The van der Waals surface area contributed by atoms with Gasteiger partial charge in [0.1, 0.15) is 0 Å². The van der Waals surface area contributed by atoms with Crippen LogP contribution in [0, 0.1) is 11.3 Å². The van der Waals surface area contributed by atoms with Gasteiger partial charge in [-0.15, -0.1) is 0 Å². The largest absolute Gasteiger partial charge is 0.265 e. The molecule has 0 fully saturated rings. The van der Waals surface area contributed by atoms with Crippen LogP contribution in [0.1, 0.15) is 11.1 Å². The summed E-state index contributed by atoms with van der Waals surface area (Å²) in [7, 11) is -3.47. The van der Waals surface area contributed by atoms with Crippen molar-refractivity contribution < 1.29 is 8.42 Å². The average molecular weight is 380 g/mol. The van der Waals surface area contributed by atoms with E-state index >= 15 is 0 Å². The van der Waals surface area contributed by atoms with Gasteiger partial charge in [0.25, 0.3) is 10.0 Å². The predicted octanol–water partition coefficient (Wildman–Crippen LogP) is 4.15. The van der Waals surface area contributed by atoms with Crippen LogP contribution in [0.3, 0.4) is 0 Å². The van der Waals surface area contributed by atoms with E-state index in [0.29, 0.717) is 22.8 Å². The Morgan fingerprint density at radius 3 is 2.46 bits per heavy atom. The highest BCUT2D eigenvalue weighted by atomic mass is 32.2. The van der Waals surface area contributed by atoms with Gasteiger partial charge in [0.2, 0.25) is 0 Å². The van der Waals surface area contributed by atoms with Gasteiger partial charge < -0.3 is 0 Å². The second-order valence-electron chi connectivity index (χ2n) is 6.07. The Kier molecular flexibility index (Phi) is 4.35. The van der Waals surface area contributed by atoms with Gasteiger partial charge in [0, 0.05) is 23.4 Å². The van der Waals surface area contributed by atoms with Crippen LogP contribution >= 0.6 is 11.8 Å². The standard InChI is InChI=1S/C20H16N2O2S2/c21-13-15-7-9-16(10-8-15)14-25-12-11-22-18-5-1-3-17-4-2-6-19(20(17)18)26(22,23)24/h1-10H,11-12,14H2. The van der Waals surface area contributed by atoms with E-state index in [0.717, 1.165) is 27.8 Å². The minimum Gasteiger partial charge on any atom is -0.265 e. The van der Waals surface area contributed by atoms with Crippen LogP contribution in [0.4, 0.5) is 5.69 Å². The Balaban J connectivity index is 1.47. The SMILES string of the molecule is N#Cc1ccc(CSCCN2c3cccc4cccc(c34)S2(=O)=O)cc1. The third kappa shape index (κ3) is 2.83. The molecule has 4 rings (SSSR count). The fraction of sp³-hybridized carbons (Fsp3) is 0.150. The highest BCUT2D eigenvalue weighted by Crippen LogP contribution is 2.41. The first-order valence-corrected chi connectivity index (χ1v) is 10.8. The molecular weight excluding hydrogens is 364 g/mol. The van der Waals surface area contributed by atoms with Gasteiger partial charge in [-0.05, 0) is 35.2 Å². The molecule has 0 amide bonds. The first-order chi connectivity index (χ1) is 12.6. The van der Waals surface area contributed by atoms with E-state index in [4.69, 9.17) is 5.26 Å². The third-order valence-corrected chi connectivity index (χ3v) is 7.34. The van der Waals surface area contributed by atoms with Crippen LogP contribution in [0.2, 0.25) is 0 Å². The second kappa shape index (κ2) is 6.67. The van der Waals surface area contributed by atoms with Gasteiger partial charge in [-0.3, -0.25) is 4.31 Å². The minimum absolute atomic E-state index is 0.405. The van der Waals surface area contributed by atoms with Gasteiger partial charge in [-0.25, -0.2) is 8.42 Å². The van der Waals surface area contributed by atoms with E-state index in [1.54, 1.807) is 36.0 Å². The fourth-order valence-corrected chi connectivity index (χ4v) is 5.92. The molecule has 130 valence electrons. The Labute approximate surface area is 157 Å². The fourth-order valence-electron chi connectivity index (χ4n) is 3.21. The molecule has 4 nitrogen and oxygen atoms in total. The molecule has 0 atom stereocenters. The van der Waals surface area contributed by atoms with Crippen molar-refractivity contribution in [3.8, 4) is 6.07 Å². The maximum absolute atomic E-state index is 12.9. The normalized spacial score (nSPS) is 14.5. The van der Waals surface area contributed by atoms with E-state index in [9.17, 15) is 8.42 Å². The van der Waals surface area contributed by atoms with Crippen molar-refractivity contribution in [2.24, 2.45) is 0 Å². The molecule has 1 heterocycles. The number of nitriles is 1. The molecule has 0 aliphatic carbocycles. The zero-order chi connectivity index (χ0) is 18.1. The average Bonchev–Trinajstić information content (AvgIpc) is 2.88. The molecule has 0 bridgehead atoms. The van der Waals surface area contributed by atoms with Crippen LogP contribution in [0.15, 0.2) is 65.6 Å². The third-order valence-electron chi connectivity index (χ3n) is 4.47. The summed E-state index contributed by atoms with van der Waals surface area (Å²) in [5.41, 5.74) is 2.55. The summed E-state index contributed by atoms with van der Waals surface area (Å²) in [5, 5.41) is 10.6. The number of anilines is 1. The summed E-state index contributed by atoms with van der Waals surface area (Å²) >= 11 is 1.69. The van der Waals surface area contributed by atoms with Crippen molar-refractivity contribution in [3.63, 3.8) is 0 Å². The van der Waals surface area contributed by atoms with Crippen molar-refractivity contribution in [1.29, 1.82) is 5.26 Å². The molecule has 3 aromatic carbocycles. The topological polar surface area (TPSA) is 61.2 Å². The first-order valence-electron chi connectivity index (χ1n) is 8.22. The van der Waals surface area contributed by atoms with Crippen LogP contribution in [0.25, 0.3) is 10.8 Å². The second-order valence-corrected chi connectivity index (χ2v) is 9.01. The number of benzene rings is 3. The van der Waals surface area contributed by atoms with E-state index in [-0.39, 0.29) is 0 Å². The molecule has 1 aliphatic heterocycles. The lowest BCUT2D eigenvalue weighted by Gasteiger charge is -2.18. The van der Waals surface area contributed by atoms with E-state index < -0.39 is 10.0 Å². The number of hydrogen-bond donors (Lipinski definition) is 0. The van der Waals surface area contributed by atoms with Crippen molar-refractivity contribution >= 4 is 38.2 Å². The molecule has 0 saturated heterocycles. The maximum Gasteiger partial charge on any atom is 0.265 e. The van der Waals surface area contributed by atoms with Gasteiger partial charge >= 0.3 is 0 Å². The summed E-state index contributed by atoms with van der Waals surface area (Å²) in [6, 6.07) is 20.7. The van der Waals surface area contributed by atoms with Crippen molar-refractivity contribution in [3.05, 3.63) is 71.8 Å². The van der Waals surface area contributed by atoms with Crippen molar-refractivity contribution in [2.45, 2.75) is 10.6 Å². The quantitative estimate of drug-likeness (QED) is 0.624. The summed E-state index contributed by atoms with van der Waals surface area (Å²) in [4.78, 5) is 0.405. The Hall–Kier alpha value is -2.49. The van der Waals surface area contributed by atoms with Crippen molar-refractivity contribution in [1.82, 2.24) is 0 Å². The van der Waals surface area contributed by atoms with Crippen molar-refractivity contribution in [2.75, 3.05) is 16.6 Å². The van der Waals surface area contributed by atoms with Crippen LogP contribution in [-0.4, -0.2) is 20.7 Å². The van der Waals surface area contributed by atoms with Crippen LogP contribution in [-0.2, 0) is 15.8 Å². The summed E-state index contributed by atoms with van der Waals surface area (Å²) in [6.07, 6.45) is 0. The maximum atomic E-state index is 12.9. The number of nitrogens with zero attached hydrogens (tertiary/aromatic N) is 2. The van der Waals surface area contributed by atoms with Gasteiger partial charge in [-0.2, -0.15) is 17.0 Å². The lowest BCUT2D eigenvalue weighted by molar-refractivity contribution is 0.595. The molecule has 3 aromatic rings. The lowest BCUT2D eigenvalue weighted by Crippen LogP contribution is -2.29. The number of thioether (sulfide) groups is 1.